The third-order valence-corrected chi connectivity index (χ3v) is 6.33. The Bertz CT molecular complexity index is 929. The van der Waals surface area contributed by atoms with E-state index in [-0.39, 0.29) is 28.6 Å². The van der Waals surface area contributed by atoms with Crippen LogP contribution in [-0.2, 0) is 16.0 Å². The number of nitrogens with one attached hydrogen (secondary N) is 1. The number of fused-ring (bicyclic) bond motifs is 1. The Balaban J connectivity index is 1.53. The largest absolute Gasteiger partial charge is 0.378 e. The Labute approximate surface area is 175 Å². The van der Waals surface area contributed by atoms with Gasteiger partial charge in [0.15, 0.2) is 5.78 Å². The van der Waals surface area contributed by atoms with E-state index in [4.69, 9.17) is 4.74 Å². The highest BCUT2D eigenvalue weighted by molar-refractivity contribution is 6.02. The number of hydrogen-bond donors (Lipinski definition) is 1. The summed E-state index contributed by atoms with van der Waals surface area (Å²) in [6, 6.07) is 1.46. The minimum absolute atomic E-state index is 0.0127. The van der Waals surface area contributed by atoms with E-state index in [0.29, 0.717) is 69.9 Å². The third-order valence-electron chi connectivity index (χ3n) is 6.33. The molecular formula is C22H29N3O5. The Morgan fingerprint density at radius 3 is 2.57 bits per heavy atom. The van der Waals surface area contributed by atoms with Crippen LogP contribution in [0.3, 0.4) is 0 Å². The molecule has 1 unspecified atom stereocenters. The quantitative estimate of drug-likeness (QED) is 0.783. The summed E-state index contributed by atoms with van der Waals surface area (Å²) < 4.78 is 5.31. The molecule has 1 aliphatic carbocycles. The lowest BCUT2D eigenvalue weighted by Crippen LogP contribution is -2.50. The van der Waals surface area contributed by atoms with Crippen LogP contribution < -0.4 is 5.56 Å². The van der Waals surface area contributed by atoms with Crippen molar-refractivity contribution in [3.05, 3.63) is 33.2 Å². The molecule has 0 spiro atoms. The van der Waals surface area contributed by atoms with E-state index in [2.05, 4.69) is 4.98 Å². The molecular weight excluding hydrogens is 386 g/mol. The van der Waals surface area contributed by atoms with Crippen molar-refractivity contribution in [1.82, 2.24) is 14.8 Å². The van der Waals surface area contributed by atoms with Crippen LogP contribution in [0.15, 0.2) is 10.9 Å². The van der Waals surface area contributed by atoms with Crippen molar-refractivity contribution in [1.29, 1.82) is 0 Å². The number of amides is 2. The first-order chi connectivity index (χ1) is 14.2. The minimum atomic E-state index is -0.467. The molecule has 8 nitrogen and oxygen atoms in total. The van der Waals surface area contributed by atoms with Gasteiger partial charge in [-0.2, -0.15) is 0 Å². The predicted molar refractivity (Wildman–Crippen MR) is 110 cm³/mol. The lowest BCUT2D eigenvalue weighted by atomic mass is 9.75. The van der Waals surface area contributed by atoms with Gasteiger partial charge in [0.25, 0.3) is 11.5 Å². The highest BCUT2D eigenvalue weighted by Crippen LogP contribution is 2.33. The fourth-order valence-electron chi connectivity index (χ4n) is 4.76. The first-order valence-electron chi connectivity index (χ1n) is 10.7. The topological polar surface area (TPSA) is 99.8 Å². The summed E-state index contributed by atoms with van der Waals surface area (Å²) >= 11 is 0. The molecule has 1 atom stereocenters. The summed E-state index contributed by atoms with van der Waals surface area (Å²) in [5.74, 6) is -0.672. The molecule has 1 N–H and O–H groups in total. The second-order valence-electron chi connectivity index (χ2n) is 9.37. The highest BCUT2D eigenvalue weighted by atomic mass is 16.5. The van der Waals surface area contributed by atoms with Crippen molar-refractivity contribution in [3.8, 4) is 0 Å². The average molecular weight is 415 g/mol. The Morgan fingerprint density at radius 1 is 1.10 bits per heavy atom. The van der Waals surface area contributed by atoms with Gasteiger partial charge in [-0.05, 0) is 30.7 Å². The number of Topliss-reactive ketones (excluding diaryl/α,β-unsaturated/α-hetero) is 1. The smallest absolute Gasteiger partial charge is 0.261 e. The number of piperidine rings is 1. The summed E-state index contributed by atoms with van der Waals surface area (Å²) in [5, 5.41) is 0. The lowest BCUT2D eigenvalue weighted by Gasteiger charge is -2.36. The number of likely N-dealkylation sites (tertiary alicyclic amines) is 1. The number of ether oxygens (including phenoxy) is 1. The van der Waals surface area contributed by atoms with E-state index in [0.717, 1.165) is 6.42 Å². The molecule has 1 aromatic heterocycles. The molecule has 0 saturated carbocycles. The second-order valence-corrected chi connectivity index (χ2v) is 9.37. The van der Waals surface area contributed by atoms with Gasteiger partial charge in [0.1, 0.15) is 5.56 Å². The number of H-pyrrole nitrogens is 1. The Morgan fingerprint density at radius 2 is 1.83 bits per heavy atom. The monoisotopic (exact) mass is 415 g/mol. The zero-order chi connectivity index (χ0) is 21.5. The molecule has 2 fully saturated rings. The second kappa shape index (κ2) is 7.98. The van der Waals surface area contributed by atoms with E-state index in [9.17, 15) is 19.2 Å². The summed E-state index contributed by atoms with van der Waals surface area (Å²) in [7, 11) is 0. The standard InChI is InChI=1S/C22H29N3O5/c1-22(2)11-17-15(18(26)12-22)10-16(19(27)23-17)21(29)25-5-3-4-14(13-25)20(28)24-6-8-30-9-7-24/h10,14H,3-9,11-13H2,1-2H3,(H,23,27). The maximum Gasteiger partial charge on any atom is 0.261 e. The Hall–Kier alpha value is -2.48. The van der Waals surface area contributed by atoms with Crippen LogP contribution in [0.2, 0.25) is 0 Å². The first kappa shape index (κ1) is 20.8. The molecule has 0 bridgehead atoms. The SMILES string of the molecule is CC1(C)CC(=O)c2cc(C(=O)N3CCCC(C(=O)N4CCOCC4)C3)c(=O)[nH]c2C1. The van der Waals surface area contributed by atoms with E-state index in [1.807, 2.05) is 13.8 Å². The molecule has 0 aromatic carbocycles. The van der Waals surface area contributed by atoms with Gasteiger partial charge in [-0.15, -0.1) is 0 Å². The Kier molecular flexibility index (Phi) is 5.53. The van der Waals surface area contributed by atoms with Crippen molar-refractivity contribution in [3.63, 3.8) is 0 Å². The molecule has 2 amide bonds. The number of aromatic amines is 1. The number of ketones is 1. The first-order valence-corrected chi connectivity index (χ1v) is 10.7. The summed E-state index contributed by atoms with van der Waals surface area (Å²) in [5.41, 5.74) is 0.359. The maximum atomic E-state index is 13.1. The molecule has 8 heteroatoms. The normalized spacial score (nSPS) is 23.8. The van der Waals surface area contributed by atoms with Gasteiger partial charge in [0.05, 0.1) is 19.1 Å². The summed E-state index contributed by atoms with van der Waals surface area (Å²) in [6.45, 7) is 7.01. The lowest BCUT2D eigenvalue weighted by molar-refractivity contribution is -0.141. The van der Waals surface area contributed by atoms with Crippen molar-refractivity contribution >= 4 is 17.6 Å². The average Bonchev–Trinajstić information content (AvgIpc) is 2.72. The van der Waals surface area contributed by atoms with Crippen molar-refractivity contribution in [2.24, 2.45) is 11.3 Å². The van der Waals surface area contributed by atoms with Gasteiger partial charge in [-0.1, -0.05) is 13.8 Å². The van der Waals surface area contributed by atoms with Crippen molar-refractivity contribution in [2.45, 2.75) is 39.5 Å². The number of aromatic nitrogens is 1. The zero-order valence-corrected chi connectivity index (χ0v) is 17.7. The van der Waals surface area contributed by atoms with Gasteiger partial charge in [0.2, 0.25) is 5.91 Å². The van der Waals surface area contributed by atoms with Crippen LogP contribution >= 0.6 is 0 Å². The maximum absolute atomic E-state index is 13.1. The van der Waals surface area contributed by atoms with E-state index < -0.39 is 11.5 Å². The van der Waals surface area contributed by atoms with Gasteiger partial charge < -0.3 is 19.5 Å². The fourth-order valence-corrected chi connectivity index (χ4v) is 4.76. The number of rotatable bonds is 2. The van der Waals surface area contributed by atoms with Crippen molar-refractivity contribution < 1.29 is 19.1 Å². The number of carbonyl (C=O) groups excluding carboxylic acids is 3. The number of hydrogen-bond acceptors (Lipinski definition) is 5. The van der Waals surface area contributed by atoms with Gasteiger partial charge in [-0.3, -0.25) is 19.2 Å². The number of pyridine rings is 1. The number of carbonyl (C=O) groups is 3. The fraction of sp³-hybridized carbons (Fsp3) is 0.636. The van der Waals surface area contributed by atoms with Crippen LogP contribution in [0.25, 0.3) is 0 Å². The summed E-state index contributed by atoms with van der Waals surface area (Å²) in [6.07, 6.45) is 2.42. The summed E-state index contributed by atoms with van der Waals surface area (Å²) in [4.78, 5) is 57.4. The molecule has 162 valence electrons. The van der Waals surface area contributed by atoms with Gasteiger partial charge in [-0.25, -0.2) is 0 Å². The number of morpholine rings is 1. The molecule has 30 heavy (non-hydrogen) atoms. The molecule has 2 aliphatic heterocycles. The predicted octanol–water partition coefficient (Wildman–Crippen LogP) is 1.24. The van der Waals surface area contributed by atoms with E-state index in [1.165, 1.54) is 6.07 Å². The van der Waals surface area contributed by atoms with Crippen LogP contribution in [0.5, 0.6) is 0 Å². The van der Waals surface area contributed by atoms with Crippen LogP contribution in [-0.4, -0.2) is 71.8 Å². The third kappa shape index (κ3) is 4.05. The molecule has 2 saturated heterocycles. The van der Waals surface area contributed by atoms with E-state index >= 15 is 0 Å². The molecule has 4 rings (SSSR count). The highest BCUT2D eigenvalue weighted by Gasteiger charge is 2.35. The van der Waals surface area contributed by atoms with Crippen molar-refractivity contribution in [2.75, 3.05) is 39.4 Å². The minimum Gasteiger partial charge on any atom is -0.378 e. The van der Waals surface area contributed by atoms with Crippen LogP contribution in [0.1, 0.15) is 59.5 Å². The number of nitrogens with zero attached hydrogens (tertiary/aromatic N) is 2. The van der Waals surface area contributed by atoms with Crippen LogP contribution in [0.4, 0.5) is 0 Å². The molecule has 3 heterocycles. The molecule has 3 aliphatic rings. The zero-order valence-electron chi connectivity index (χ0n) is 17.7. The molecule has 0 radical (unpaired) electrons. The van der Waals surface area contributed by atoms with Gasteiger partial charge >= 0.3 is 0 Å². The van der Waals surface area contributed by atoms with E-state index in [1.54, 1.807) is 9.80 Å². The van der Waals surface area contributed by atoms with Crippen LogP contribution in [0, 0.1) is 11.3 Å². The molecule has 1 aromatic rings. The van der Waals surface area contributed by atoms with Gasteiger partial charge in [0, 0.05) is 43.9 Å².